The molecule has 0 saturated carbocycles. The smallest absolute Gasteiger partial charge is 0.374 e. The van der Waals surface area contributed by atoms with Crippen molar-refractivity contribution in [1.82, 2.24) is 0 Å². The Bertz CT molecular complexity index is 124. The summed E-state index contributed by atoms with van der Waals surface area (Å²) in [5.41, 5.74) is 5.48. The summed E-state index contributed by atoms with van der Waals surface area (Å²) >= 11 is 0. The Balaban J connectivity index is 0. The predicted octanol–water partition coefficient (Wildman–Crippen LogP) is 1.38. The van der Waals surface area contributed by atoms with Gasteiger partial charge >= 0.3 is 8.80 Å². The fourth-order valence-electron chi connectivity index (χ4n) is 1.32. The first-order valence-corrected chi connectivity index (χ1v) is 7.29. The summed E-state index contributed by atoms with van der Waals surface area (Å²) in [7, 11) is -2.40. The Kier molecular flexibility index (Phi) is 13.3. The molecule has 0 saturated heterocycles. The standard InChI is InChI=1S/C9H23NO3Si.Fe/c1-4-11-14(12-5-2,13-6-3)9-7-8-10;/h4-10H2,1-3H3;. The van der Waals surface area contributed by atoms with Gasteiger partial charge in [-0.25, -0.2) is 0 Å². The Labute approximate surface area is 105 Å². The second kappa shape index (κ2) is 11.1. The first-order chi connectivity index (χ1) is 6.74. The zero-order chi connectivity index (χ0) is 10.9. The van der Waals surface area contributed by atoms with Crippen molar-refractivity contribution in [3.63, 3.8) is 0 Å². The van der Waals surface area contributed by atoms with Gasteiger partial charge in [-0.15, -0.1) is 0 Å². The fraction of sp³-hybridized carbons (Fsp3) is 1.00. The Morgan fingerprint density at radius 1 is 0.933 bits per heavy atom. The largest absolute Gasteiger partial charge is 0.500 e. The molecular weight excluding hydrogens is 254 g/mol. The second-order valence-electron chi connectivity index (χ2n) is 2.87. The van der Waals surface area contributed by atoms with Crippen molar-refractivity contribution < 1.29 is 30.3 Å². The minimum atomic E-state index is -2.40. The number of hydrogen-bond acceptors (Lipinski definition) is 4. The van der Waals surface area contributed by atoms with Gasteiger partial charge in [-0.3, -0.25) is 0 Å². The molecule has 6 heteroatoms. The summed E-state index contributed by atoms with van der Waals surface area (Å²) in [4.78, 5) is 0. The maximum atomic E-state index is 5.65. The van der Waals surface area contributed by atoms with Crippen LogP contribution < -0.4 is 5.73 Å². The maximum Gasteiger partial charge on any atom is 0.500 e. The van der Waals surface area contributed by atoms with Crippen molar-refractivity contribution in [2.75, 3.05) is 26.4 Å². The molecule has 0 fully saturated rings. The molecular formula is C9H23FeNO3Si. The number of hydrogen-bond donors (Lipinski definition) is 1. The van der Waals surface area contributed by atoms with E-state index in [1.807, 2.05) is 20.8 Å². The molecule has 0 aliphatic heterocycles. The van der Waals surface area contributed by atoms with E-state index in [0.29, 0.717) is 26.4 Å². The summed E-state index contributed by atoms with van der Waals surface area (Å²) in [6.45, 7) is 8.44. The van der Waals surface area contributed by atoms with Gasteiger partial charge in [0.15, 0.2) is 0 Å². The van der Waals surface area contributed by atoms with Crippen molar-refractivity contribution in [3.8, 4) is 0 Å². The fourth-order valence-corrected chi connectivity index (χ4v) is 3.96. The van der Waals surface area contributed by atoms with Crippen molar-refractivity contribution in [2.45, 2.75) is 33.2 Å². The van der Waals surface area contributed by atoms with E-state index in [1.165, 1.54) is 0 Å². The first-order valence-electron chi connectivity index (χ1n) is 5.36. The first kappa shape index (κ1) is 18.0. The van der Waals surface area contributed by atoms with Crippen molar-refractivity contribution in [2.24, 2.45) is 5.73 Å². The monoisotopic (exact) mass is 277 g/mol. The molecule has 0 unspecified atom stereocenters. The van der Waals surface area contributed by atoms with Crippen LogP contribution in [0.3, 0.4) is 0 Å². The van der Waals surface area contributed by atoms with E-state index in [-0.39, 0.29) is 17.1 Å². The van der Waals surface area contributed by atoms with Crippen LogP contribution in [-0.4, -0.2) is 35.2 Å². The Hall–Kier alpha value is 0.576. The number of nitrogens with two attached hydrogens (primary N) is 1. The van der Waals surface area contributed by atoms with E-state index in [9.17, 15) is 0 Å². The molecule has 0 atom stereocenters. The van der Waals surface area contributed by atoms with Crippen molar-refractivity contribution in [1.29, 1.82) is 0 Å². The van der Waals surface area contributed by atoms with Gasteiger partial charge in [-0.05, 0) is 33.7 Å². The van der Waals surface area contributed by atoms with E-state index in [4.69, 9.17) is 19.0 Å². The quantitative estimate of drug-likeness (QED) is 0.647. The zero-order valence-electron chi connectivity index (χ0n) is 9.90. The molecule has 0 aromatic rings. The van der Waals surface area contributed by atoms with Crippen LogP contribution in [0.2, 0.25) is 6.04 Å². The van der Waals surface area contributed by atoms with Crippen molar-refractivity contribution in [3.05, 3.63) is 0 Å². The molecule has 0 rings (SSSR count). The average Bonchev–Trinajstić information content (AvgIpc) is 2.16. The summed E-state index contributed by atoms with van der Waals surface area (Å²) in [6, 6.07) is 0.818. The molecule has 94 valence electrons. The van der Waals surface area contributed by atoms with Crippen LogP contribution >= 0.6 is 0 Å². The molecule has 4 nitrogen and oxygen atoms in total. The molecule has 0 aliphatic rings. The van der Waals surface area contributed by atoms with E-state index >= 15 is 0 Å². The van der Waals surface area contributed by atoms with Gasteiger partial charge < -0.3 is 19.0 Å². The predicted molar refractivity (Wildman–Crippen MR) is 59.1 cm³/mol. The maximum absolute atomic E-state index is 5.65. The van der Waals surface area contributed by atoms with E-state index in [2.05, 4.69) is 0 Å². The Morgan fingerprint density at radius 3 is 1.60 bits per heavy atom. The molecule has 0 amide bonds. The summed E-state index contributed by atoms with van der Waals surface area (Å²) < 4.78 is 17.0. The van der Waals surface area contributed by atoms with Gasteiger partial charge in [0, 0.05) is 42.9 Å². The molecule has 15 heavy (non-hydrogen) atoms. The van der Waals surface area contributed by atoms with Crippen LogP contribution in [0.1, 0.15) is 27.2 Å². The summed E-state index contributed by atoms with van der Waals surface area (Å²) in [5, 5.41) is 0. The van der Waals surface area contributed by atoms with Gasteiger partial charge in [-0.1, -0.05) is 0 Å². The zero-order valence-corrected chi connectivity index (χ0v) is 12.0. The molecule has 0 aromatic carbocycles. The van der Waals surface area contributed by atoms with Gasteiger partial charge in [0.05, 0.1) is 0 Å². The van der Waals surface area contributed by atoms with Crippen LogP contribution in [0.15, 0.2) is 0 Å². The van der Waals surface area contributed by atoms with Crippen LogP contribution in [0, 0.1) is 0 Å². The molecule has 0 radical (unpaired) electrons. The molecule has 0 spiro atoms. The van der Waals surface area contributed by atoms with Crippen LogP contribution in [-0.2, 0) is 30.3 Å². The SMILES string of the molecule is CCO[Si](CCCN)(OCC)OCC.[Fe]. The molecule has 2 N–H and O–H groups in total. The minimum Gasteiger partial charge on any atom is -0.374 e. The molecule has 0 aliphatic carbocycles. The van der Waals surface area contributed by atoms with Crippen molar-refractivity contribution >= 4 is 8.80 Å². The Morgan fingerprint density at radius 2 is 1.33 bits per heavy atom. The van der Waals surface area contributed by atoms with Gasteiger partial charge in [0.1, 0.15) is 0 Å². The van der Waals surface area contributed by atoms with Crippen LogP contribution in [0.25, 0.3) is 0 Å². The van der Waals surface area contributed by atoms with Crippen LogP contribution in [0.4, 0.5) is 0 Å². The topological polar surface area (TPSA) is 53.7 Å². The second-order valence-corrected chi connectivity index (χ2v) is 5.61. The van der Waals surface area contributed by atoms with E-state index < -0.39 is 8.80 Å². The van der Waals surface area contributed by atoms with E-state index in [1.54, 1.807) is 0 Å². The molecule has 0 heterocycles. The van der Waals surface area contributed by atoms with Gasteiger partial charge in [0.2, 0.25) is 0 Å². The molecule has 0 bridgehead atoms. The normalized spacial score (nSPS) is 11.2. The third-order valence-corrected chi connectivity index (χ3v) is 4.93. The third-order valence-electron chi connectivity index (χ3n) is 1.78. The van der Waals surface area contributed by atoms with Gasteiger partial charge in [0.25, 0.3) is 0 Å². The summed E-state index contributed by atoms with van der Waals surface area (Å²) in [6.07, 6.45) is 0.895. The van der Waals surface area contributed by atoms with Crippen LogP contribution in [0.5, 0.6) is 0 Å². The summed E-state index contributed by atoms with van der Waals surface area (Å²) in [5.74, 6) is 0. The third kappa shape index (κ3) is 7.46. The van der Waals surface area contributed by atoms with E-state index in [0.717, 1.165) is 12.5 Å². The van der Waals surface area contributed by atoms with Gasteiger partial charge in [-0.2, -0.15) is 0 Å². The molecule has 0 aromatic heterocycles. The number of rotatable bonds is 9. The minimum absolute atomic E-state index is 0. The average molecular weight is 277 g/mol.